The zero-order chi connectivity index (χ0) is 25.3. The highest BCUT2D eigenvalue weighted by Crippen LogP contribution is 2.35. The van der Waals surface area contributed by atoms with E-state index in [-0.39, 0.29) is 11.5 Å². The minimum absolute atomic E-state index is 0.00284. The van der Waals surface area contributed by atoms with Crippen LogP contribution in [0.15, 0.2) is 76.3 Å². The number of aromatic nitrogens is 2. The Morgan fingerprint density at radius 2 is 1.74 bits per heavy atom. The van der Waals surface area contributed by atoms with Crippen LogP contribution >= 0.6 is 75.3 Å². The molecule has 0 bridgehead atoms. The van der Waals surface area contributed by atoms with Gasteiger partial charge in [-0.1, -0.05) is 79.3 Å². The molecule has 0 radical (unpaired) electrons. The van der Waals surface area contributed by atoms with Gasteiger partial charge in [0.2, 0.25) is 0 Å². The summed E-state index contributed by atoms with van der Waals surface area (Å²) >= 11 is 20.5. The molecule has 10 heteroatoms. The molecule has 0 saturated carbocycles. The molecular weight excluding hydrogens is 729 g/mol. The van der Waals surface area contributed by atoms with Gasteiger partial charge in [-0.05, 0) is 64.0 Å². The van der Waals surface area contributed by atoms with E-state index in [1.807, 2.05) is 50.2 Å². The zero-order valence-electron chi connectivity index (χ0n) is 18.5. The molecule has 4 aromatic rings. The molecule has 5 nitrogen and oxygen atoms in total. The first kappa shape index (κ1) is 26.5. The molecule has 0 aliphatic rings. The first-order valence-corrected chi connectivity index (χ1v) is 14.0. The van der Waals surface area contributed by atoms with Crippen LogP contribution in [-0.2, 0) is 6.61 Å². The maximum Gasteiger partial charge on any atom is 0.282 e. The Balaban J connectivity index is 1.65. The minimum Gasteiger partial charge on any atom is -0.486 e. The predicted octanol–water partition coefficient (Wildman–Crippen LogP) is 8.68. The van der Waals surface area contributed by atoms with Gasteiger partial charge < -0.3 is 4.74 Å². The highest BCUT2D eigenvalue weighted by atomic mass is 79.9. The maximum absolute atomic E-state index is 13.2. The second kappa shape index (κ2) is 11.3. The van der Waals surface area contributed by atoms with Crippen molar-refractivity contribution in [3.63, 3.8) is 0 Å². The van der Waals surface area contributed by atoms with Crippen LogP contribution in [-0.4, -0.2) is 15.9 Å². The Labute approximate surface area is 241 Å². The topological polar surface area (TPSA) is 56.5 Å². The SMILES string of the molecule is CC(C)c1nc2ccc(Br)cc2c(=O)n1N=Cc1cc(Cl)c(OCc2ccc(Br)cc2Br)c(Br)c1. The Morgan fingerprint density at radius 3 is 2.43 bits per heavy atom. The van der Waals surface area contributed by atoms with Crippen molar-refractivity contribution in [3.05, 3.63) is 98.7 Å². The van der Waals surface area contributed by atoms with E-state index >= 15 is 0 Å². The van der Waals surface area contributed by atoms with Crippen molar-refractivity contribution in [2.24, 2.45) is 5.10 Å². The van der Waals surface area contributed by atoms with E-state index in [2.05, 4.69) is 73.8 Å². The van der Waals surface area contributed by atoms with E-state index in [1.165, 1.54) is 4.68 Å². The van der Waals surface area contributed by atoms with E-state index < -0.39 is 0 Å². The van der Waals surface area contributed by atoms with Crippen LogP contribution in [0.5, 0.6) is 5.75 Å². The van der Waals surface area contributed by atoms with E-state index in [4.69, 9.17) is 16.3 Å². The molecule has 3 aromatic carbocycles. The largest absolute Gasteiger partial charge is 0.486 e. The highest BCUT2D eigenvalue weighted by molar-refractivity contribution is 9.11. The van der Waals surface area contributed by atoms with Crippen LogP contribution in [0.1, 0.15) is 36.7 Å². The molecule has 0 amide bonds. The first-order valence-electron chi connectivity index (χ1n) is 10.5. The van der Waals surface area contributed by atoms with Crippen LogP contribution in [0.4, 0.5) is 0 Å². The number of benzene rings is 3. The van der Waals surface area contributed by atoms with Crippen molar-refractivity contribution in [1.29, 1.82) is 0 Å². The number of hydrogen-bond donors (Lipinski definition) is 0. The van der Waals surface area contributed by atoms with Crippen LogP contribution in [0.2, 0.25) is 5.02 Å². The van der Waals surface area contributed by atoms with Gasteiger partial charge in [-0.15, -0.1) is 0 Å². The summed E-state index contributed by atoms with van der Waals surface area (Å²) in [7, 11) is 0. The van der Waals surface area contributed by atoms with Gasteiger partial charge in [-0.2, -0.15) is 9.78 Å². The van der Waals surface area contributed by atoms with E-state index in [0.717, 1.165) is 19.0 Å². The lowest BCUT2D eigenvalue weighted by molar-refractivity contribution is 0.303. The lowest BCUT2D eigenvalue weighted by Crippen LogP contribution is -2.23. The molecule has 0 aliphatic heterocycles. The molecule has 1 heterocycles. The van der Waals surface area contributed by atoms with Gasteiger partial charge in [-0.25, -0.2) is 4.98 Å². The van der Waals surface area contributed by atoms with E-state index in [9.17, 15) is 4.79 Å². The molecule has 35 heavy (non-hydrogen) atoms. The fraction of sp³-hybridized carbons (Fsp3) is 0.160. The molecule has 4 rings (SSSR count). The van der Waals surface area contributed by atoms with Crippen molar-refractivity contribution < 1.29 is 4.74 Å². The second-order valence-corrected chi connectivity index (χ2v) is 11.9. The summed E-state index contributed by atoms with van der Waals surface area (Å²) in [6.07, 6.45) is 1.59. The van der Waals surface area contributed by atoms with Crippen molar-refractivity contribution in [2.45, 2.75) is 26.4 Å². The third-order valence-electron chi connectivity index (χ3n) is 5.08. The summed E-state index contributed by atoms with van der Waals surface area (Å²) in [6.45, 7) is 4.29. The van der Waals surface area contributed by atoms with Crippen molar-refractivity contribution in [2.75, 3.05) is 0 Å². The molecule has 0 unspecified atom stereocenters. The molecular formula is C25H18Br4ClN3O2. The van der Waals surface area contributed by atoms with Gasteiger partial charge in [0.05, 0.1) is 26.6 Å². The molecule has 0 spiro atoms. The van der Waals surface area contributed by atoms with Gasteiger partial charge in [-0.3, -0.25) is 4.79 Å². The zero-order valence-corrected chi connectivity index (χ0v) is 25.6. The van der Waals surface area contributed by atoms with Crippen LogP contribution in [0.25, 0.3) is 10.9 Å². The maximum atomic E-state index is 13.2. The number of nitrogens with zero attached hydrogens (tertiary/aromatic N) is 3. The number of hydrogen-bond acceptors (Lipinski definition) is 4. The standard InChI is InChI=1S/C25H18Br4ClN3O2/c1-13(2)24-32-22-6-5-16(26)9-18(22)25(34)33(24)31-11-14-7-20(29)23(21(30)8-14)35-12-15-3-4-17(27)10-19(15)28/h3-11,13H,12H2,1-2H3. The lowest BCUT2D eigenvalue weighted by atomic mass is 10.2. The third kappa shape index (κ3) is 6.07. The normalized spacial score (nSPS) is 11.7. The summed E-state index contributed by atoms with van der Waals surface area (Å²) in [5.74, 6) is 1.10. The quantitative estimate of drug-likeness (QED) is 0.186. The smallest absolute Gasteiger partial charge is 0.282 e. The first-order chi connectivity index (χ1) is 16.6. The Hall–Kier alpha value is -1.52. The number of halogens is 5. The van der Waals surface area contributed by atoms with Gasteiger partial charge in [0.25, 0.3) is 5.56 Å². The second-order valence-electron chi connectivity index (χ2n) is 7.99. The molecule has 0 fully saturated rings. The third-order valence-corrected chi connectivity index (χ3v) is 7.67. The lowest BCUT2D eigenvalue weighted by Gasteiger charge is -2.13. The number of ether oxygens (including phenoxy) is 1. The summed E-state index contributed by atoms with van der Waals surface area (Å²) in [5.41, 5.74) is 2.09. The average Bonchev–Trinajstić information content (AvgIpc) is 2.79. The fourth-order valence-corrected chi connectivity index (χ4v) is 5.87. The molecule has 0 atom stereocenters. The molecule has 0 saturated heterocycles. The summed E-state index contributed by atoms with van der Waals surface area (Å²) < 4.78 is 10.7. The van der Waals surface area contributed by atoms with Crippen molar-refractivity contribution in [1.82, 2.24) is 9.66 Å². The Kier molecular flexibility index (Phi) is 8.53. The van der Waals surface area contributed by atoms with Crippen LogP contribution in [0.3, 0.4) is 0 Å². The van der Waals surface area contributed by atoms with E-state index in [0.29, 0.717) is 44.1 Å². The van der Waals surface area contributed by atoms with Crippen LogP contribution in [0, 0.1) is 0 Å². The van der Waals surface area contributed by atoms with Gasteiger partial charge in [0.1, 0.15) is 12.4 Å². The van der Waals surface area contributed by atoms with Crippen LogP contribution < -0.4 is 10.3 Å². The monoisotopic (exact) mass is 743 g/mol. The molecule has 1 aromatic heterocycles. The fourth-order valence-electron chi connectivity index (χ4n) is 3.36. The minimum atomic E-state index is -0.235. The summed E-state index contributed by atoms with van der Waals surface area (Å²) in [6, 6.07) is 14.9. The van der Waals surface area contributed by atoms with Gasteiger partial charge in [0, 0.05) is 24.9 Å². The summed E-state index contributed by atoms with van der Waals surface area (Å²) in [5, 5.41) is 5.38. The number of fused-ring (bicyclic) bond motifs is 1. The predicted molar refractivity (Wildman–Crippen MR) is 156 cm³/mol. The average molecular weight is 748 g/mol. The highest BCUT2D eigenvalue weighted by Gasteiger charge is 2.15. The van der Waals surface area contributed by atoms with Crippen molar-refractivity contribution in [3.8, 4) is 5.75 Å². The molecule has 0 N–H and O–H groups in total. The number of rotatable bonds is 6. The van der Waals surface area contributed by atoms with Gasteiger partial charge >= 0.3 is 0 Å². The van der Waals surface area contributed by atoms with Gasteiger partial charge in [0.15, 0.2) is 5.75 Å². The van der Waals surface area contributed by atoms with Crippen molar-refractivity contribution >= 4 is 92.4 Å². The Bertz CT molecular complexity index is 1500. The van der Waals surface area contributed by atoms with E-state index in [1.54, 1.807) is 18.3 Å². The summed E-state index contributed by atoms with van der Waals surface area (Å²) in [4.78, 5) is 17.9. The Morgan fingerprint density at radius 1 is 1.03 bits per heavy atom. The molecule has 180 valence electrons. The molecule has 0 aliphatic carbocycles.